The lowest BCUT2D eigenvalue weighted by Gasteiger charge is -2.28. The zero-order valence-electron chi connectivity index (χ0n) is 18.7. The molecule has 0 radical (unpaired) electrons. The van der Waals surface area contributed by atoms with E-state index in [0.29, 0.717) is 17.7 Å². The van der Waals surface area contributed by atoms with E-state index in [0.717, 1.165) is 47.5 Å². The average Bonchev–Trinajstić information content (AvgIpc) is 3.43. The van der Waals surface area contributed by atoms with Crippen LogP contribution in [0.2, 0.25) is 0 Å². The van der Waals surface area contributed by atoms with Crippen LogP contribution in [-0.4, -0.2) is 24.5 Å². The lowest BCUT2D eigenvalue weighted by atomic mass is 10.0. The first-order valence-corrected chi connectivity index (χ1v) is 11.6. The van der Waals surface area contributed by atoms with Crippen LogP contribution < -0.4 is 9.80 Å². The fourth-order valence-electron chi connectivity index (χ4n) is 5.23. The van der Waals surface area contributed by atoms with Crippen molar-refractivity contribution >= 4 is 28.8 Å². The summed E-state index contributed by atoms with van der Waals surface area (Å²) in [5, 5.41) is 0. The Balaban J connectivity index is 1.40. The molecule has 3 heterocycles. The van der Waals surface area contributed by atoms with Crippen LogP contribution in [0.25, 0.3) is 5.57 Å². The van der Waals surface area contributed by atoms with E-state index in [2.05, 4.69) is 11.0 Å². The van der Waals surface area contributed by atoms with Gasteiger partial charge in [0.2, 0.25) is 0 Å². The molecular formula is C29H24N2O3. The first-order chi connectivity index (χ1) is 16.7. The van der Waals surface area contributed by atoms with E-state index >= 15 is 0 Å². The zero-order chi connectivity index (χ0) is 23.1. The van der Waals surface area contributed by atoms with E-state index in [1.807, 2.05) is 71.6 Å². The van der Waals surface area contributed by atoms with E-state index in [1.165, 1.54) is 0 Å². The largest absolute Gasteiger partial charge is 0.431 e. The van der Waals surface area contributed by atoms with Crippen molar-refractivity contribution in [2.45, 2.75) is 25.4 Å². The Kier molecular flexibility index (Phi) is 5.02. The van der Waals surface area contributed by atoms with Crippen LogP contribution in [0.3, 0.4) is 0 Å². The fraction of sp³-hybridized carbons (Fsp3) is 0.172. The summed E-state index contributed by atoms with van der Waals surface area (Å²) in [6, 6.07) is 25.2. The van der Waals surface area contributed by atoms with Gasteiger partial charge in [-0.05, 0) is 48.7 Å². The van der Waals surface area contributed by atoms with E-state index in [9.17, 15) is 9.59 Å². The molecule has 3 aromatic carbocycles. The minimum absolute atomic E-state index is 0.0206. The molecule has 34 heavy (non-hydrogen) atoms. The second-order valence-corrected chi connectivity index (χ2v) is 8.85. The number of nitrogens with zero attached hydrogens (tertiary/aromatic N) is 2. The average molecular weight is 449 g/mol. The molecule has 3 aliphatic rings. The van der Waals surface area contributed by atoms with Gasteiger partial charge >= 0.3 is 5.97 Å². The molecule has 0 bridgehead atoms. The van der Waals surface area contributed by atoms with Gasteiger partial charge in [0.1, 0.15) is 6.26 Å². The molecule has 6 rings (SSSR count). The fourth-order valence-corrected chi connectivity index (χ4v) is 5.23. The van der Waals surface area contributed by atoms with E-state index < -0.39 is 5.97 Å². The van der Waals surface area contributed by atoms with Crippen LogP contribution in [0, 0.1) is 0 Å². The van der Waals surface area contributed by atoms with Crippen molar-refractivity contribution in [3.63, 3.8) is 0 Å². The highest BCUT2D eigenvalue weighted by atomic mass is 16.5. The van der Waals surface area contributed by atoms with Crippen molar-refractivity contribution < 1.29 is 14.3 Å². The number of anilines is 2. The topological polar surface area (TPSA) is 49.9 Å². The lowest BCUT2D eigenvalue weighted by molar-refractivity contribution is -0.113. The molecule has 168 valence electrons. The summed E-state index contributed by atoms with van der Waals surface area (Å²) in [5.41, 5.74) is 6.09. The minimum atomic E-state index is -0.401. The van der Waals surface area contributed by atoms with Gasteiger partial charge in [-0.3, -0.25) is 4.79 Å². The Morgan fingerprint density at radius 1 is 0.941 bits per heavy atom. The van der Waals surface area contributed by atoms with Gasteiger partial charge in [-0.25, -0.2) is 4.79 Å². The van der Waals surface area contributed by atoms with E-state index in [4.69, 9.17) is 4.74 Å². The van der Waals surface area contributed by atoms with Crippen molar-refractivity contribution in [2.24, 2.45) is 0 Å². The first-order valence-electron chi connectivity index (χ1n) is 11.6. The molecule has 1 amide bonds. The van der Waals surface area contributed by atoms with Gasteiger partial charge < -0.3 is 14.5 Å². The molecule has 1 atom stereocenters. The van der Waals surface area contributed by atoms with Gasteiger partial charge in [-0.2, -0.15) is 0 Å². The Morgan fingerprint density at radius 2 is 1.68 bits per heavy atom. The number of rotatable bonds is 4. The van der Waals surface area contributed by atoms with Crippen LogP contribution in [0.4, 0.5) is 11.4 Å². The normalized spacial score (nSPS) is 19.5. The Hall–Kier alpha value is -4.12. The molecule has 5 nitrogen and oxygen atoms in total. The molecule has 0 spiro atoms. The molecule has 3 aliphatic heterocycles. The quantitative estimate of drug-likeness (QED) is 0.399. The minimum Gasteiger partial charge on any atom is -0.431 e. The monoisotopic (exact) mass is 448 g/mol. The highest BCUT2D eigenvalue weighted by molar-refractivity contribution is 6.34. The van der Waals surface area contributed by atoms with Crippen LogP contribution >= 0.6 is 0 Å². The molecule has 0 saturated carbocycles. The lowest BCUT2D eigenvalue weighted by Crippen LogP contribution is -2.31. The summed E-state index contributed by atoms with van der Waals surface area (Å²) in [6.45, 7) is 1.41. The van der Waals surface area contributed by atoms with Crippen molar-refractivity contribution in [3.8, 4) is 0 Å². The third-order valence-electron chi connectivity index (χ3n) is 6.81. The second kappa shape index (κ2) is 8.34. The maximum Gasteiger partial charge on any atom is 0.342 e. The summed E-state index contributed by atoms with van der Waals surface area (Å²) >= 11 is 0. The molecule has 1 fully saturated rings. The smallest absolute Gasteiger partial charge is 0.342 e. The van der Waals surface area contributed by atoms with Crippen molar-refractivity contribution in [2.75, 3.05) is 16.3 Å². The van der Waals surface area contributed by atoms with Crippen molar-refractivity contribution in [1.29, 1.82) is 0 Å². The summed E-state index contributed by atoms with van der Waals surface area (Å²) in [6.07, 6.45) is 5.47. The maximum absolute atomic E-state index is 13.7. The standard InChI is InChI=1S/C29H24N2O3/c32-28-23-17-22(19-34-29(33)21-11-5-2-6-12-21)24-15-8-16-30(24)25-13-7-14-26(27(23)25)31(28)18-20-9-3-1-4-10-20/h1-7,9-14,17,19,24H,8,15-16,18H2/b22-19+/t24-/m0/s1. The number of hydrogen-bond donors (Lipinski definition) is 0. The first kappa shape index (κ1) is 20.5. The molecule has 3 aromatic rings. The maximum atomic E-state index is 13.7. The molecule has 1 saturated heterocycles. The summed E-state index contributed by atoms with van der Waals surface area (Å²) in [5.74, 6) is -0.422. The van der Waals surface area contributed by atoms with E-state index in [1.54, 1.807) is 18.4 Å². The molecule has 0 N–H and O–H groups in total. The molecule has 0 aliphatic carbocycles. The second-order valence-electron chi connectivity index (χ2n) is 8.85. The number of ether oxygens (including phenoxy) is 1. The summed E-state index contributed by atoms with van der Waals surface area (Å²) in [4.78, 5) is 30.5. The number of amides is 1. The zero-order valence-corrected chi connectivity index (χ0v) is 18.7. The number of hydrogen-bond acceptors (Lipinski definition) is 4. The number of fused-ring (bicyclic) bond motifs is 2. The van der Waals surface area contributed by atoms with Gasteiger partial charge in [0.05, 0.1) is 29.4 Å². The third kappa shape index (κ3) is 3.41. The van der Waals surface area contributed by atoms with Crippen molar-refractivity contribution in [1.82, 2.24) is 0 Å². The van der Waals surface area contributed by atoms with Gasteiger partial charge in [-0.1, -0.05) is 54.6 Å². The Morgan fingerprint density at radius 3 is 2.47 bits per heavy atom. The predicted molar refractivity (Wildman–Crippen MR) is 132 cm³/mol. The molecule has 5 heteroatoms. The SMILES string of the molecule is O=C(O/C=C1\C=C2C(=O)N(Cc3ccccc3)c3cccc(c32)N2CCC[C@@H]12)c1ccccc1. The van der Waals surface area contributed by atoms with E-state index in [-0.39, 0.29) is 11.9 Å². The number of carbonyl (C=O) groups excluding carboxylic acids is 2. The Labute approximate surface area is 198 Å². The van der Waals surface area contributed by atoms with Gasteiger partial charge in [0.15, 0.2) is 0 Å². The molecular weight excluding hydrogens is 424 g/mol. The van der Waals surface area contributed by atoms with Crippen LogP contribution in [0.15, 0.2) is 96.8 Å². The van der Waals surface area contributed by atoms with Gasteiger partial charge in [0.25, 0.3) is 5.91 Å². The van der Waals surface area contributed by atoms with Crippen molar-refractivity contribution in [3.05, 3.63) is 113 Å². The highest BCUT2D eigenvalue weighted by Crippen LogP contribution is 2.48. The number of carbonyl (C=O) groups is 2. The summed E-state index contributed by atoms with van der Waals surface area (Å²) in [7, 11) is 0. The highest BCUT2D eigenvalue weighted by Gasteiger charge is 2.41. The van der Waals surface area contributed by atoms with Gasteiger partial charge in [0, 0.05) is 23.4 Å². The molecule has 0 unspecified atom stereocenters. The number of esters is 1. The van der Waals surface area contributed by atoms with Crippen LogP contribution in [0.1, 0.15) is 34.3 Å². The summed E-state index contributed by atoms with van der Waals surface area (Å²) < 4.78 is 5.60. The Bertz CT molecular complexity index is 1330. The van der Waals surface area contributed by atoms with Gasteiger partial charge in [-0.15, -0.1) is 0 Å². The molecule has 0 aromatic heterocycles. The van der Waals surface area contributed by atoms with Crippen LogP contribution in [0.5, 0.6) is 0 Å². The third-order valence-corrected chi connectivity index (χ3v) is 6.81. The van der Waals surface area contributed by atoms with Crippen LogP contribution in [-0.2, 0) is 16.1 Å². The number of benzene rings is 3. The predicted octanol–water partition coefficient (Wildman–Crippen LogP) is 5.34.